The number of nitrogens with two attached hydrogens (primary N) is 1. The van der Waals surface area contributed by atoms with Gasteiger partial charge in [-0.2, -0.15) is 0 Å². The number of benzene rings is 1. The molecule has 2 aromatic rings. The lowest BCUT2D eigenvalue weighted by Gasteiger charge is -2.32. The third kappa shape index (κ3) is 2.34. The molecule has 0 atom stereocenters. The van der Waals surface area contributed by atoms with E-state index in [0.717, 1.165) is 30.3 Å². The fourth-order valence-electron chi connectivity index (χ4n) is 3.06. The predicted molar refractivity (Wildman–Crippen MR) is 83.9 cm³/mol. The first kappa shape index (κ1) is 13.8. The van der Waals surface area contributed by atoms with E-state index in [9.17, 15) is 4.79 Å². The average Bonchev–Trinajstić information content (AvgIpc) is 2.84. The molecule has 1 aliphatic heterocycles. The first-order valence-corrected chi connectivity index (χ1v) is 7.21. The third-order valence-electron chi connectivity index (χ3n) is 4.24. The number of nitrogens with zero attached hydrogens (tertiary/aromatic N) is 2. The Labute approximate surface area is 124 Å². The maximum atomic E-state index is 13.0. The number of hydrogen-bond donors (Lipinski definition) is 2. The van der Waals surface area contributed by atoms with Crippen molar-refractivity contribution >= 4 is 22.6 Å². The SMILES string of the molecule is CC1(C)CCCN1C(=O)c1cc(NN)nc2ccccc12. The number of carbonyl (C=O) groups excluding carboxylic acids is 1. The number of nitrogens with one attached hydrogen (secondary N) is 1. The topological polar surface area (TPSA) is 71.2 Å². The van der Waals surface area contributed by atoms with E-state index in [1.807, 2.05) is 29.2 Å². The van der Waals surface area contributed by atoms with Crippen LogP contribution >= 0.6 is 0 Å². The Morgan fingerprint density at radius 1 is 1.38 bits per heavy atom. The largest absolute Gasteiger partial charge is 0.334 e. The number of hydrazine groups is 1. The molecule has 3 N–H and O–H groups in total. The van der Waals surface area contributed by atoms with Gasteiger partial charge in [0.1, 0.15) is 5.82 Å². The monoisotopic (exact) mass is 284 g/mol. The van der Waals surface area contributed by atoms with Crippen molar-refractivity contribution < 1.29 is 4.79 Å². The lowest BCUT2D eigenvalue weighted by Crippen LogP contribution is -2.42. The number of likely N-dealkylation sites (tertiary alicyclic amines) is 1. The molecular weight excluding hydrogens is 264 g/mol. The summed E-state index contributed by atoms with van der Waals surface area (Å²) in [7, 11) is 0. The molecule has 0 bridgehead atoms. The van der Waals surface area contributed by atoms with E-state index in [-0.39, 0.29) is 11.4 Å². The van der Waals surface area contributed by atoms with Crippen LogP contribution in [0.4, 0.5) is 5.82 Å². The number of carbonyl (C=O) groups is 1. The van der Waals surface area contributed by atoms with Crippen LogP contribution < -0.4 is 11.3 Å². The predicted octanol–water partition coefficient (Wildman–Crippen LogP) is 2.54. The molecule has 0 spiro atoms. The van der Waals surface area contributed by atoms with Crippen molar-refractivity contribution in [3.8, 4) is 0 Å². The highest BCUT2D eigenvalue weighted by Gasteiger charge is 2.36. The van der Waals surface area contributed by atoms with Gasteiger partial charge in [-0.05, 0) is 38.8 Å². The van der Waals surface area contributed by atoms with Gasteiger partial charge in [0.25, 0.3) is 5.91 Å². The Bertz CT molecular complexity index is 696. The molecule has 1 aliphatic rings. The molecule has 1 amide bonds. The Kier molecular flexibility index (Phi) is 3.29. The summed E-state index contributed by atoms with van der Waals surface area (Å²) in [6, 6.07) is 9.38. The summed E-state index contributed by atoms with van der Waals surface area (Å²) in [4.78, 5) is 19.3. The van der Waals surface area contributed by atoms with Crippen LogP contribution in [0.5, 0.6) is 0 Å². The molecular formula is C16H20N4O. The number of hydrogen-bond acceptors (Lipinski definition) is 4. The van der Waals surface area contributed by atoms with Crippen molar-refractivity contribution in [2.75, 3.05) is 12.0 Å². The second-order valence-electron chi connectivity index (χ2n) is 6.09. The fraction of sp³-hybridized carbons (Fsp3) is 0.375. The summed E-state index contributed by atoms with van der Waals surface area (Å²) in [5, 5.41) is 0.865. The number of para-hydroxylation sites is 1. The van der Waals surface area contributed by atoms with Gasteiger partial charge in [-0.1, -0.05) is 18.2 Å². The van der Waals surface area contributed by atoms with E-state index >= 15 is 0 Å². The van der Waals surface area contributed by atoms with Gasteiger partial charge in [0, 0.05) is 17.5 Å². The maximum Gasteiger partial charge on any atom is 0.255 e. The Hall–Kier alpha value is -2.14. The van der Waals surface area contributed by atoms with Crippen molar-refractivity contribution in [1.29, 1.82) is 0 Å². The molecule has 110 valence electrons. The fourth-order valence-corrected chi connectivity index (χ4v) is 3.06. The second-order valence-corrected chi connectivity index (χ2v) is 6.09. The highest BCUT2D eigenvalue weighted by Crippen LogP contribution is 2.31. The van der Waals surface area contributed by atoms with Crippen LogP contribution in [0, 0.1) is 0 Å². The first-order valence-electron chi connectivity index (χ1n) is 7.21. The number of pyridine rings is 1. The van der Waals surface area contributed by atoms with Crippen LogP contribution in [0.2, 0.25) is 0 Å². The van der Waals surface area contributed by atoms with E-state index in [1.165, 1.54) is 0 Å². The number of rotatable bonds is 2. The highest BCUT2D eigenvalue weighted by atomic mass is 16.2. The van der Waals surface area contributed by atoms with Gasteiger partial charge >= 0.3 is 0 Å². The van der Waals surface area contributed by atoms with E-state index < -0.39 is 0 Å². The summed E-state index contributed by atoms with van der Waals surface area (Å²) in [5.41, 5.74) is 3.87. The van der Waals surface area contributed by atoms with E-state index in [2.05, 4.69) is 24.3 Å². The van der Waals surface area contributed by atoms with Crippen LogP contribution in [0.1, 0.15) is 37.0 Å². The maximum absolute atomic E-state index is 13.0. The van der Waals surface area contributed by atoms with Gasteiger partial charge in [0.15, 0.2) is 0 Å². The van der Waals surface area contributed by atoms with Gasteiger partial charge in [0.05, 0.1) is 11.1 Å². The summed E-state index contributed by atoms with van der Waals surface area (Å²) in [6.07, 6.45) is 2.08. The van der Waals surface area contributed by atoms with Gasteiger partial charge in [-0.25, -0.2) is 10.8 Å². The Morgan fingerprint density at radius 2 is 2.14 bits per heavy atom. The van der Waals surface area contributed by atoms with Crippen molar-refractivity contribution in [2.45, 2.75) is 32.2 Å². The highest BCUT2D eigenvalue weighted by molar-refractivity contribution is 6.07. The minimum atomic E-state index is -0.0994. The molecule has 1 aromatic carbocycles. The summed E-state index contributed by atoms with van der Waals surface area (Å²) < 4.78 is 0. The molecule has 0 aliphatic carbocycles. The van der Waals surface area contributed by atoms with Crippen LogP contribution in [-0.2, 0) is 0 Å². The summed E-state index contributed by atoms with van der Waals surface area (Å²) in [5.74, 6) is 6.04. The molecule has 1 aromatic heterocycles. The molecule has 2 heterocycles. The van der Waals surface area contributed by atoms with Crippen molar-refractivity contribution in [1.82, 2.24) is 9.88 Å². The lowest BCUT2D eigenvalue weighted by molar-refractivity contribution is 0.0654. The van der Waals surface area contributed by atoms with Crippen LogP contribution in [0.3, 0.4) is 0 Å². The lowest BCUT2D eigenvalue weighted by atomic mass is 10.0. The van der Waals surface area contributed by atoms with Gasteiger partial charge < -0.3 is 10.3 Å². The Morgan fingerprint density at radius 3 is 2.81 bits per heavy atom. The van der Waals surface area contributed by atoms with Gasteiger partial charge in [-0.15, -0.1) is 0 Å². The smallest absolute Gasteiger partial charge is 0.255 e. The molecule has 5 heteroatoms. The van der Waals surface area contributed by atoms with Crippen molar-refractivity contribution in [3.63, 3.8) is 0 Å². The van der Waals surface area contributed by atoms with Crippen LogP contribution in [0.15, 0.2) is 30.3 Å². The minimum absolute atomic E-state index is 0.0487. The molecule has 21 heavy (non-hydrogen) atoms. The standard InChI is InChI=1S/C16H20N4O/c1-16(2)8-5-9-20(16)15(21)12-10-14(19-17)18-13-7-4-3-6-11(12)13/h3-4,6-7,10H,5,8-9,17H2,1-2H3,(H,18,19). The number of anilines is 1. The van der Waals surface area contributed by atoms with Crippen molar-refractivity contribution in [2.24, 2.45) is 5.84 Å². The third-order valence-corrected chi connectivity index (χ3v) is 4.24. The Balaban J connectivity index is 2.13. The number of fused-ring (bicyclic) bond motifs is 1. The zero-order chi connectivity index (χ0) is 15.0. The molecule has 5 nitrogen and oxygen atoms in total. The second kappa shape index (κ2) is 5.00. The normalized spacial score (nSPS) is 17.2. The van der Waals surface area contributed by atoms with Crippen LogP contribution in [0.25, 0.3) is 10.9 Å². The van der Waals surface area contributed by atoms with Gasteiger partial charge in [0.2, 0.25) is 0 Å². The molecule has 0 saturated carbocycles. The van der Waals surface area contributed by atoms with E-state index in [4.69, 9.17) is 5.84 Å². The summed E-state index contributed by atoms with van der Waals surface area (Å²) >= 11 is 0. The molecule has 0 radical (unpaired) electrons. The van der Waals surface area contributed by atoms with Crippen molar-refractivity contribution in [3.05, 3.63) is 35.9 Å². The van der Waals surface area contributed by atoms with E-state index in [1.54, 1.807) is 6.07 Å². The molecule has 1 fully saturated rings. The zero-order valence-electron chi connectivity index (χ0n) is 12.4. The zero-order valence-corrected chi connectivity index (χ0v) is 12.4. The number of amides is 1. The first-order chi connectivity index (χ1) is 10.0. The van der Waals surface area contributed by atoms with Gasteiger partial charge in [-0.3, -0.25) is 4.79 Å². The molecule has 3 rings (SSSR count). The average molecular weight is 284 g/mol. The summed E-state index contributed by atoms with van der Waals surface area (Å²) in [6.45, 7) is 5.03. The van der Waals surface area contributed by atoms with E-state index in [0.29, 0.717) is 11.4 Å². The number of aromatic nitrogens is 1. The molecule has 0 unspecified atom stereocenters. The number of nitrogen functional groups attached to an aromatic ring is 1. The van der Waals surface area contributed by atoms with Crippen LogP contribution in [-0.4, -0.2) is 27.9 Å². The molecule has 1 saturated heterocycles. The minimum Gasteiger partial charge on any atom is -0.334 e. The quantitative estimate of drug-likeness (QED) is 0.656.